The van der Waals surface area contributed by atoms with Crippen molar-refractivity contribution in [1.29, 1.82) is 0 Å². The van der Waals surface area contributed by atoms with E-state index in [9.17, 15) is 9.59 Å². The molecule has 0 atom stereocenters. The number of nitrogens with one attached hydrogen (secondary N) is 2. The van der Waals surface area contributed by atoms with Crippen LogP contribution in [0.1, 0.15) is 34.8 Å². The van der Waals surface area contributed by atoms with Crippen LogP contribution >= 0.6 is 0 Å². The molecule has 10 heteroatoms. The fourth-order valence-corrected chi connectivity index (χ4v) is 2.97. The molecule has 0 fully saturated rings. The first kappa shape index (κ1) is 18.5. The van der Waals surface area contributed by atoms with Gasteiger partial charge < -0.3 is 0 Å². The molecule has 3 aromatic rings. The maximum atomic E-state index is 12.1. The fourth-order valence-electron chi connectivity index (χ4n) is 2.97. The zero-order chi connectivity index (χ0) is 19.6. The molecule has 27 heavy (non-hydrogen) atoms. The molecule has 0 aromatic carbocycles. The quantitative estimate of drug-likeness (QED) is 0.625. The van der Waals surface area contributed by atoms with Gasteiger partial charge in [-0.15, -0.1) is 0 Å². The van der Waals surface area contributed by atoms with Gasteiger partial charge in [0, 0.05) is 23.5 Å². The Balaban J connectivity index is 1.53. The monoisotopic (exact) mass is 370 g/mol. The Morgan fingerprint density at radius 1 is 1.11 bits per heavy atom. The maximum absolute atomic E-state index is 12.1. The Morgan fingerprint density at radius 2 is 1.85 bits per heavy atom. The van der Waals surface area contributed by atoms with Crippen LogP contribution in [0.4, 0.5) is 0 Å². The van der Waals surface area contributed by atoms with E-state index in [-0.39, 0.29) is 24.8 Å². The molecular formula is C17H22N8O2. The number of hydrazine groups is 1. The molecule has 2 amide bonds. The fraction of sp³-hybridized carbons (Fsp3) is 0.412. The molecule has 10 nitrogen and oxygen atoms in total. The number of rotatable bonds is 5. The summed E-state index contributed by atoms with van der Waals surface area (Å²) in [4.78, 5) is 32.5. The highest BCUT2D eigenvalue weighted by molar-refractivity contribution is 5.82. The Kier molecular flexibility index (Phi) is 5.15. The highest BCUT2D eigenvalue weighted by Gasteiger charge is 2.13. The van der Waals surface area contributed by atoms with E-state index >= 15 is 0 Å². The van der Waals surface area contributed by atoms with E-state index in [0.717, 1.165) is 28.3 Å². The van der Waals surface area contributed by atoms with E-state index in [4.69, 9.17) is 0 Å². The van der Waals surface area contributed by atoms with Crippen LogP contribution in [-0.4, -0.2) is 41.2 Å². The molecular weight excluding hydrogens is 348 g/mol. The molecule has 2 N–H and O–H groups in total. The number of hydrogen-bond acceptors (Lipinski definition) is 6. The SMILES string of the molecule is Cc1cc(C)n(CC(=O)NNC(=O)CCc2c(C)nc3ncnn3c2C)n1. The third-order valence-electron chi connectivity index (χ3n) is 4.33. The first-order valence-corrected chi connectivity index (χ1v) is 8.59. The van der Waals surface area contributed by atoms with Gasteiger partial charge >= 0.3 is 0 Å². The van der Waals surface area contributed by atoms with E-state index in [1.54, 1.807) is 9.20 Å². The van der Waals surface area contributed by atoms with Gasteiger partial charge in [0.15, 0.2) is 0 Å². The summed E-state index contributed by atoms with van der Waals surface area (Å²) in [5, 5.41) is 8.35. The molecule has 0 saturated heterocycles. The zero-order valence-electron chi connectivity index (χ0n) is 15.8. The van der Waals surface area contributed by atoms with Crippen molar-refractivity contribution in [2.24, 2.45) is 0 Å². The second-order valence-electron chi connectivity index (χ2n) is 6.41. The van der Waals surface area contributed by atoms with Crippen molar-refractivity contribution in [3.8, 4) is 0 Å². The van der Waals surface area contributed by atoms with Gasteiger partial charge in [-0.05, 0) is 45.7 Å². The van der Waals surface area contributed by atoms with Crippen LogP contribution in [0.5, 0.6) is 0 Å². The first-order valence-electron chi connectivity index (χ1n) is 8.59. The van der Waals surface area contributed by atoms with E-state index < -0.39 is 0 Å². The summed E-state index contributed by atoms with van der Waals surface area (Å²) in [7, 11) is 0. The van der Waals surface area contributed by atoms with Crippen molar-refractivity contribution >= 4 is 17.6 Å². The normalized spacial score (nSPS) is 11.0. The van der Waals surface area contributed by atoms with E-state index in [1.807, 2.05) is 33.8 Å². The minimum atomic E-state index is -0.340. The molecule has 0 spiro atoms. The third-order valence-corrected chi connectivity index (χ3v) is 4.33. The van der Waals surface area contributed by atoms with Gasteiger partial charge in [0.05, 0.1) is 5.69 Å². The van der Waals surface area contributed by atoms with Gasteiger partial charge in [0.1, 0.15) is 12.9 Å². The summed E-state index contributed by atoms with van der Waals surface area (Å²) in [5.74, 6) is -0.0866. The average Bonchev–Trinajstić information content (AvgIpc) is 3.19. The lowest BCUT2D eigenvalue weighted by Crippen LogP contribution is -2.43. The van der Waals surface area contributed by atoms with Gasteiger partial charge in [0.25, 0.3) is 11.7 Å². The van der Waals surface area contributed by atoms with Crippen molar-refractivity contribution in [3.05, 3.63) is 40.7 Å². The standard InChI is InChI=1S/C17H22N8O2/c1-10-7-11(2)24(23-10)8-16(27)22-21-15(26)6-5-14-12(3)20-17-18-9-19-25(17)13(14)4/h7,9H,5-6,8H2,1-4H3,(H,21,26)(H,22,27). The number of aromatic nitrogens is 6. The second-order valence-corrected chi connectivity index (χ2v) is 6.41. The predicted molar refractivity (Wildman–Crippen MR) is 96.6 cm³/mol. The molecule has 0 aliphatic rings. The number of amides is 2. The Bertz CT molecular complexity index is 1000. The van der Waals surface area contributed by atoms with E-state index in [2.05, 4.69) is 31.0 Å². The lowest BCUT2D eigenvalue weighted by molar-refractivity contribution is -0.129. The summed E-state index contributed by atoms with van der Waals surface area (Å²) in [6.45, 7) is 7.57. The van der Waals surface area contributed by atoms with Crippen molar-refractivity contribution < 1.29 is 9.59 Å². The van der Waals surface area contributed by atoms with Crippen LogP contribution < -0.4 is 10.9 Å². The topological polar surface area (TPSA) is 119 Å². The Hall–Kier alpha value is -3.30. The largest absolute Gasteiger partial charge is 0.273 e. The summed E-state index contributed by atoms with van der Waals surface area (Å²) < 4.78 is 3.24. The molecule has 142 valence electrons. The van der Waals surface area contributed by atoms with Crippen LogP contribution in [0.3, 0.4) is 0 Å². The summed E-state index contributed by atoms with van der Waals surface area (Å²) >= 11 is 0. The van der Waals surface area contributed by atoms with Crippen LogP contribution in [0.15, 0.2) is 12.4 Å². The number of carbonyl (C=O) groups is 2. The van der Waals surface area contributed by atoms with Crippen LogP contribution in [-0.2, 0) is 22.6 Å². The molecule has 0 aliphatic heterocycles. The Labute approximate surface area is 156 Å². The number of aryl methyl sites for hydroxylation is 4. The lowest BCUT2D eigenvalue weighted by atomic mass is 10.1. The van der Waals surface area contributed by atoms with Crippen molar-refractivity contribution in [2.75, 3.05) is 0 Å². The predicted octanol–water partition coefficient (Wildman–Crippen LogP) is 0.335. The summed E-state index contributed by atoms with van der Waals surface area (Å²) in [5.41, 5.74) is 9.23. The van der Waals surface area contributed by atoms with Gasteiger partial charge in [-0.3, -0.25) is 25.1 Å². The number of carbonyl (C=O) groups excluding carboxylic acids is 2. The Morgan fingerprint density at radius 3 is 2.56 bits per heavy atom. The molecule has 0 saturated carbocycles. The highest BCUT2D eigenvalue weighted by atomic mass is 16.2. The van der Waals surface area contributed by atoms with Crippen molar-refractivity contribution in [2.45, 2.75) is 47.1 Å². The highest BCUT2D eigenvalue weighted by Crippen LogP contribution is 2.14. The molecule has 0 bridgehead atoms. The zero-order valence-corrected chi connectivity index (χ0v) is 15.8. The molecule has 0 radical (unpaired) electrons. The summed E-state index contributed by atoms with van der Waals surface area (Å²) in [6.07, 6.45) is 2.15. The lowest BCUT2D eigenvalue weighted by Gasteiger charge is -2.11. The average molecular weight is 370 g/mol. The molecule has 3 heterocycles. The van der Waals surface area contributed by atoms with Gasteiger partial charge in [-0.25, -0.2) is 9.50 Å². The van der Waals surface area contributed by atoms with E-state index in [0.29, 0.717) is 12.2 Å². The van der Waals surface area contributed by atoms with Gasteiger partial charge in [-0.2, -0.15) is 15.2 Å². The number of hydrogen-bond donors (Lipinski definition) is 2. The van der Waals surface area contributed by atoms with Crippen LogP contribution in [0.2, 0.25) is 0 Å². The van der Waals surface area contributed by atoms with Crippen LogP contribution in [0.25, 0.3) is 5.78 Å². The third kappa shape index (κ3) is 4.10. The minimum Gasteiger partial charge on any atom is -0.273 e. The minimum absolute atomic E-state index is 0.0467. The van der Waals surface area contributed by atoms with Crippen LogP contribution in [0, 0.1) is 27.7 Å². The smallest absolute Gasteiger partial charge is 0.260 e. The molecule has 0 unspecified atom stereocenters. The first-order chi connectivity index (χ1) is 12.8. The number of nitrogens with zero attached hydrogens (tertiary/aromatic N) is 6. The number of fused-ring (bicyclic) bond motifs is 1. The molecule has 3 aromatic heterocycles. The maximum Gasteiger partial charge on any atom is 0.260 e. The van der Waals surface area contributed by atoms with Gasteiger partial charge in [0.2, 0.25) is 5.91 Å². The molecule has 0 aliphatic carbocycles. The van der Waals surface area contributed by atoms with Gasteiger partial charge in [-0.1, -0.05) is 0 Å². The van der Waals surface area contributed by atoms with E-state index in [1.165, 1.54) is 6.33 Å². The second kappa shape index (κ2) is 7.52. The van der Waals surface area contributed by atoms with Crippen molar-refractivity contribution in [1.82, 2.24) is 40.2 Å². The molecule has 3 rings (SSSR count). The van der Waals surface area contributed by atoms with Crippen molar-refractivity contribution in [3.63, 3.8) is 0 Å². The summed E-state index contributed by atoms with van der Waals surface area (Å²) in [6, 6.07) is 1.89.